The van der Waals surface area contributed by atoms with Gasteiger partial charge in [0.2, 0.25) is 0 Å². The number of nitrogens with zero attached hydrogens (tertiary/aromatic N) is 1. The van der Waals surface area contributed by atoms with E-state index in [4.69, 9.17) is 5.11 Å². The summed E-state index contributed by atoms with van der Waals surface area (Å²) >= 11 is 0. The van der Waals surface area contributed by atoms with Crippen molar-refractivity contribution in [2.24, 2.45) is 0 Å². The fraction of sp³-hybridized carbons (Fsp3) is 0.727. The molecule has 0 amide bonds. The van der Waals surface area contributed by atoms with Gasteiger partial charge in [0.1, 0.15) is 0 Å². The van der Waals surface area contributed by atoms with E-state index < -0.39 is 0 Å². The number of rotatable bonds is 7. The van der Waals surface area contributed by atoms with E-state index in [1.54, 1.807) is 6.92 Å². The van der Waals surface area contributed by atoms with Crippen molar-refractivity contribution in [2.75, 3.05) is 33.4 Å². The Balaban J connectivity index is 4.02. The Morgan fingerprint density at radius 2 is 2.20 bits per heavy atom. The molecule has 4 nitrogen and oxygen atoms in total. The summed E-state index contributed by atoms with van der Waals surface area (Å²) in [4.78, 5) is 13.2. The number of ether oxygens (including phenoxy) is 1. The maximum absolute atomic E-state index is 11.1. The number of hydrogen-bond acceptors (Lipinski definition) is 4. The summed E-state index contributed by atoms with van der Waals surface area (Å²) in [6.07, 6.45) is 2.62. The topological polar surface area (TPSA) is 49.8 Å². The molecule has 0 saturated carbocycles. The molecule has 0 rings (SSSR count). The molecule has 0 bridgehead atoms. The van der Waals surface area contributed by atoms with Crippen LogP contribution < -0.4 is 0 Å². The van der Waals surface area contributed by atoms with Crippen LogP contribution in [-0.2, 0) is 9.53 Å². The van der Waals surface area contributed by atoms with Gasteiger partial charge in [0, 0.05) is 25.3 Å². The summed E-state index contributed by atoms with van der Waals surface area (Å²) in [7, 11) is 1.38. The van der Waals surface area contributed by atoms with E-state index in [2.05, 4.69) is 16.6 Å². The quantitative estimate of drug-likeness (QED) is 0.504. The standard InChI is InChI=1S/C11H21NO3/c1-4-12(7-5-9-13)8-6-10(2)11(14)15-3/h6,13H,4-5,7-9H2,1-3H3/b10-6-. The van der Waals surface area contributed by atoms with Crippen molar-refractivity contribution in [1.29, 1.82) is 0 Å². The largest absolute Gasteiger partial charge is 0.466 e. The lowest BCUT2D eigenvalue weighted by molar-refractivity contribution is -0.136. The highest BCUT2D eigenvalue weighted by molar-refractivity contribution is 5.87. The average molecular weight is 215 g/mol. The first-order valence-corrected chi connectivity index (χ1v) is 5.24. The lowest BCUT2D eigenvalue weighted by Gasteiger charge is -2.17. The van der Waals surface area contributed by atoms with Crippen LogP contribution in [0, 0.1) is 0 Å². The van der Waals surface area contributed by atoms with E-state index in [0.29, 0.717) is 5.57 Å². The molecule has 0 unspecified atom stereocenters. The third kappa shape index (κ3) is 6.25. The minimum absolute atomic E-state index is 0.205. The summed E-state index contributed by atoms with van der Waals surface area (Å²) in [5, 5.41) is 8.70. The van der Waals surface area contributed by atoms with Crippen LogP contribution in [-0.4, -0.2) is 49.3 Å². The van der Waals surface area contributed by atoms with E-state index in [-0.39, 0.29) is 12.6 Å². The average Bonchev–Trinajstić information content (AvgIpc) is 2.27. The normalized spacial score (nSPS) is 11.9. The van der Waals surface area contributed by atoms with Gasteiger partial charge in [-0.3, -0.25) is 4.90 Å². The van der Waals surface area contributed by atoms with Crippen LogP contribution in [0.5, 0.6) is 0 Å². The first-order valence-electron chi connectivity index (χ1n) is 5.24. The third-order valence-corrected chi connectivity index (χ3v) is 2.24. The Morgan fingerprint density at radius 3 is 2.67 bits per heavy atom. The number of methoxy groups -OCH3 is 1. The van der Waals surface area contributed by atoms with Crippen LogP contribution in [0.3, 0.4) is 0 Å². The van der Waals surface area contributed by atoms with Gasteiger partial charge in [-0.05, 0) is 19.9 Å². The van der Waals surface area contributed by atoms with Gasteiger partial charge in [-0.15, -0.1) is 0 Å². The van der Waals surface area contributed by atoms with E-state index in [1.807, 2.05) is 6.08 Å². The van der Waals surface area contributed by atoms with Gasteiger partial charge in [0.25, 0.3) is 0 Å². The number of carbonyl (C=O) groups is 1. The fourth-order valence-corrected chi connectivity index (χ4v) is 1.18. The van der Waals surface area contributed by atoms with E-state index >= 15 is 0 Å². The molecule has 0 aromatic carbocycles. The fourth-order valence-electron chi connectivity index (χ4n) is 1.18. The van der Waals surface area contributed by atoms with Crippen LogP contribution in [0.1, 0.15) is 20.3 Å². The van der Waals surface area contributed by atoms with Crippen molar-refractivity contribution >= 4 is 5.97 Å². The summed E-state index contributed by atoms with van der Waals surface area (Å²) in [6.45, 7) is 6.47. The van der Waals surface area contributed by atoms with Gasteiger partial charge < -0.3 is 9.84 Å². The molecule has 0 aromatic heterocycles. The van der Waals surface area contributed by atoms with Crippen LogP contribution in [0.25, 0.3) is 0 Å². The maximum atomic E-state index is 11.1. The number of aliphatic hydroxyl groups excluding tert-OH is 1. The first-order chi connectivity index (χ1) is 7.15. The van der Waals surface area contributed by atoms with E-state index in [9.17, 15) is 4.79 Å². The van der Waals surface area contributed by atoms with Crippen LogP contribution in [0.2, 0.25) is 0 Å². The summed E-state index contributed by atoms with van der Waals surface area (Å²) in [6, 6.07) is 0. The molecule has 0 fully saturated rings. The van der Waals surface area contributed by atoms with Gasteiger partial charge in [0.15, 0.2) is 0 Å². The Labute approximate surface area is 91.5 Å². The second-order valence-corrected chi connectivity index (χ2v) is 3.35. The molecule has 0 spiro atoms. The first kappa shape index (κ1) is 14.1. The zero-order valence-electron chi connectivity index (χ0n) is 9.82. The second kappa shape index (κ2) is 8.44. The van der Waals surface area contributed by atoms with E-state index in [1.165, 1.54) is 7.11 Å². The Morgan fingerprint density at radius 1 is 1.53 bits per heavy atom. The molecule has 1 N–H and O–H groups in total. The smallest absolute Gasteiger partial charge is 0.333 e. The highest BCUT2D eigenvalue weighted by Gasteiger charge is 2.04. The molecule has 0 saturated heterocycles. The predicted octanol–water partition coefficient (Wildman–Crippen LogP) is 0.810. The summed E-state index contributed by atoms with van der Waals surface area (Å²) < 4.78 is 4.59. The van der Waals surface area contributed by atoms with Gasteiger partial charge >= 0.3 is 5.97 Å². The molecule has 0 heterocycles. The molecule has 0 atom stereocenters. The van der Waals surface area contributed by atoms with Crippen molar-refractivity contribution in [1.82, 2.24) is 4.90 Å². The van der Waals surface area contributed by atoms with Gasteiger partial charge in [-0.1, -0.05) is 13.0 Å². The molecule has 0 radical (unpaired) electrons. The highest BCUT2D eigenvalue weighted by atomic mass is 16.5. The third-order valence-electron chi connectivity index (χ3n) is 2.24. The van der Waals surface area contributed by atoms with Crippen molar-refractivity contribution in [3.05, 3.63) is 11.6 Å². The summed E-state index contributed by atoms with van der Waals surface area (Å²) in [5.74, 6) is -0.284. The Hall–Kier alpha value is -0.870. The molecule has 88 valence electrons. The van der Waals surface area contributed by atoms with E-state index in [0.717, 1.165) is 26.1 Å². The predicted molar refractivity (Wildman–Crippen MR) is 59.6 cm³/mol. The maximum Gasteiger partial charge on any atom is 0.333 e. The van der Waals surface area contributed by atoms with Crippen molar-refractivity contribution in [3.63, 3.8) is 0 Å². The number of carbonyl (C=O) groups excluding carboxylic acids is 1. The zero-order chi connectivity index (χ0) is 11.7. The molecule has 0 aliphatic rings. The van der Waals surface area contributed by atoms with Crippen molar-refractivity contribution in [3.8, 4) is 0 Å². The minimum atomic E-state index is -0.284. The Bertz CT molecular complexity index is 214. The lowest BCUT2D eigenvalue weighted by atomic mass is 10.2. The minimum Gasteiger partial charge on any atom is -0.466 e. The second-order valence-electron chi connectivity index (χ2n) is 3.35. The zero-order valence-corrected chi connectivity index (χ0v) is 9.82. The monoisotopic (exact) mass is 215 g/mol. The van der Waals surface area contributed by atoms with Crippen LogP contribution >= 0.6 is 0 Å². The Kier molecular flexibility index (Phi) is 7.95. The number of aliphatic hydroxyl groups is 1. The number of hydrogen-bond donors (Lipinski definition) is 1. The lowest BCUT2D eigenvalue weighted by Crippen LogP contribution is -2.25. The van der Waals surface area contributed by atoms with Gasteiger partial charge in [-0.25, -0.2) is 4.79 Å². The molecule has 0 aliphatic heterocycles. The molecular weight excluding hydrogens is 194 g/mol. The van der Waals surface area contributed by atoms with Crippen LogP contribution in [0.15, 0.2) is 11.6 Å². The molecular formula is C11H21NO3. The van der Waals surface area contributed by atoms with Crippen molar-refractivity contribution < 1.29 is 14.6 Å². The highest BCUT2D eigenvalue weighted by Crippen LogP contribution is 1.98. The molecule has 15 heavy (non-hydrogen) atoms. The molecule has 4 heteroatoms. The SMILES string of the molecule is CCN(C/C=C(/C)C(=O)OC)CCCO. The van der Waals surface area contributed by atoms with Gasteiger partial charge in [-0.2, -0.15) is 0 Å². The van der Waals surface area contributed by atoms with Gasteiger partial charge in [0.05, 0.1) is 7.11 Å². The number of esters is 1. The summed E-state index contributed by atoms with van der Waals surface area (Å²) in [5.41, 5.74) is 0.625. The van der Waals surface area contributed by atoms with Crippen LogP contribution in [0.4, 0.5) is 0 Å². The van der Waals surface area contributed by atoms with Crippen molar-refractivity contribution in [2.45, 2.75) is 20.3 Å². The molecule has 0 aromatic rings. The molecule has 0 aliphatic carbocycles. The number of likely N-dealkylation sites (N-methyl/N-ethyl adjacent to an activating group) is 1.